The third-order valence-electron chi connectivity index (χ3n) is 5.98. The van der Waals surface area contributed by atoms with Crippen LogP contribution in [0.25, 0.3) is 0 Å². The van der Waals surface area contributed by atoms with E-state index in [4.69, 9.17) is 9.73 Å². The topological polar surface area (TPSA) is 78.0 Å². The number of hydrogen-bond acceptors (Lipinski definition) is 4. The molecule has 1 spiro atoms. The van der Waals surface area contributed by atoms with Crippen LogP contribution < -0.4 is 16.0 Å². The largest absolute Gasteiger partial charge is 0.383 e. The summed E-state index contributed by atoms with van der Waals surface area (Å²) in [6.45, 7) is 6.45. The fraction of sp³-hybridized carbons (Fsp3) is 0.417. The van der Waals surface area contributed by atoms with Crippen molar-refractivity contribution >= 4 is 28.9 Å². The Morgan fingerprint density at radius 2 is 2.03 bits per heavy atom. The molecule has 1 saturated heterocycles. The zero-order valence-corrected chi connectivity index (χ0v) is 18.5. The first-order chi connectivity index (χ1) is 15.0. The van der Waals surface area contributed by atoms with Gasteiger partial charge in [0, 0.05) is 19.3 Å². The minimum absolute atomic E-state index is 0.0806. The number of urea groups is 1. The van der Waals surface area contributed by atoms with E-state index in [9.17, 15) is 4.79 Å². The van der Waals surface area contributed by atoms with E-state index < -0.39 is 5.54 Å². The number of piperidine rings is 1. The molecule has 2 heterocycles. The fourth-order valence-corrected chi connectivity index (χ4v) is 4.38. The summed E-state index contributed by atoms with van der Waals surface area (Å²) >= 11 is 0. The third-order valence-corrected chi connectivity index (χ3v) is 5.98. The van der Waals surface area contributed by atoms with Crippen molar-refractivity contribution < 1.29 is 9.53 Å². The second-order valence-electron chi connectivity index (χ2n) is 8.37. The Labute approximate surface area is 183 Å². The van der Waals surface area contributed by atoms with E-state index in [1.165, 1.54) is 5.56 Å². The molecule has 7 heteroatoms. The van der Waals surface area contributed by atoms with Crippen LogP contribution in [0.1, 0.15) is 24.0 Å². The first-order valence-electron chi connectivity index (χ1n) is 10.8. The van der Waals surface area contributed by atoms with Gasteiger partial charge in [0.2, 0.25) is 0 Å². The van der Waals surface area contributed by atoms with E-state index >= 15 is 0 Å². The lowest BCUT2D eigenvalue weighted by molar-refractivity contribution is 0.186. The van der Waals surface area contributed by atoms with Crippen molar-refractivity contribution in [1.29, 1.82) is 0 Å². The maximum absolute atomic E-state index is 13.2. The Hall–Kier alpha value is -3.06. The summed E-state index contributed by atoms with van der Waals surface area (Å²) in [5.74, 6) is 0.868. The molecule has 31 heavy (non-hydrogen) atoms. The number of carbonyl (C=O) groups excluding carboxylic acids is 1. The van der Waals surface area contributed by atoms with Crippen molar-refractivity contribution in [3.05, 3.63) is 53.6 Å². The molecule has 2 aromatic carbocycles. The molecule has 1 atom stereocenters. The van der Waals surface area contributed by atoms with Gasteiger partial charge >= 0.3 is 6.03 Å². The summed E-state index contributed by atoms with van der Waals surface area (Å²) in [5.41, 5.74) is 4.68. The van der Waals surface area contributed by atoms with Gasteiger partial charge in [-0.2, -0.15) is 0 Å². The van der Waals surface area contributed by atoms with E-state index in [1.54, 1.807) is 7.11 Å². The van der Waals surface area contributed by atoms with Gasteiger partial charge in [0.1, 0.15) is 11.4 Å². The maximum atomic E-state index is 13.2. The SMILES string of the molecule is COCCN=C1Nc2ccccc2NC12CCCN(C(=O)Nc1ccc(C)cc1C)C2. The number of anilines is 3. The number of nitrogens with zero attached hydrogens (tertiary/aromatic N) is 2. The standard InChI is InChI=1S/C24H31N5O2/c1-17-9-10-19(18(2)15-17)27-23(30)29-13-6-11-24(16-29)22(25-12-14-31-3)26-20-7-4-5-8-21(20)28-24/h4-5,7-10,15,28H,6,11-14,16H2,1-3H3,(H,25,26)(H,27,30). The minimum Gasteiger partial charge on any atom is -0.383 e. The van der Waals surface area contributed by atoms with Crippen molar-refractivity contribution in [2.45, 2.75) is 32.2 Å². The molecule has 1 unspecified atom stereocenters. The Balaban J connectivity index is 1.57. The van der Waals surface area contributed by atoms with E-state index in [0.717, 1.165) is 41.3 Å². The molecule has 4 rings (SSSR count). The number of aliphatic imine (C=N–C) groups is 1. The molecule has 0 radical (unpaired) electrons. The number of fused-ring (bicyclic) bond motifs is 1. The average molecular weight is 422 g/mol. The van der Waals surface area contributed by atoms with Crippen LogP contribution in [0.5, 0.6) is 0 Å². The molecule has 2 amide bonds. The van der Waals surface area contributed by atoms with Gasteiger partial charge in [-0.05, 0) is 50.5 Å². The zero-order valence-electron chi connectivity index (χ0n) is 18.5. The Bertz CT molecular complexity index is 990. The summed E-state index contributed by atoms with van der Waals surface area (Å²) in [4.78, 5) is 19.8. The molecule has 7 nitrogen and oxygen atoms in total. The van der Waals surface area contributed by atoms with Gasteiger partial charge in [0.05, 0.1) is 31.1 Å². The number of hydrogen-bond donors (Lipinski definition) is 3. The second-order valence-corrected chi connectivity index (χ2v) is 8.37. The molecule has 0 aromatic heterocycles. The van der Waals surface area contributed by atoms with E-state index in [1.807, 2.05) is 42.2 Å². The number of nitrogens with one attached hydrogen (secondary N) is 3. The fourth-order valence-electron chi connectivity index (χ4n) is 4.38. The Morgan fingerprint density at radius 1 is 1.23 bits per heavy atom. The highest BCUT2D eigenvalue weighted by atomic mass is 16.5. The van der Waals surface area contributed by atoms with Crippen molar-refractivity contribution in [2.24, 2.45) is 4.99 Å². The number of ether oxygens (including phenoxy) is 1. The minimum atomic E-state index is -0.444. The van der Waals surface area contributed by atoms with Gasteiger partial charge in [0.15, 0.2) is 0 Å². The molecule has 0 bridgehead atoms. The first kappa shape index (κ1) is 21.2. The van der Waals surface area contributed by atoms with Crippen LogP contribution in [0.3, 0.4) is 0 Å². The summed E-state index contributed by atoms with van der Waals surface area (Å²) in [5, 5.41) is 10.3. The molecular formula is C24H31N5O2. The second kappa shape index (κ2) is 8.98. The van der Waals surface area contributed by atoms with Crippen molar-refractivity contribution in [3.63, 3.8) is 0 Å². The number of aryl methyl sites for hydroxylation is 2. The molecule has 164 valence electrons. The van der Waals surface area contributed by atoms with Gasteiger partial charge in [-0.25, -0.2) is 4.79 Å². The van der Waals surface area contributed by atoms with Gasteiger partial charge in [-0.15, -0.1) is 0 Å². The van der Waals surface area contributed by atoms with Crippen molar-refractivity contribution in [3.8, 4) is 0 Å². The highest BCUT2D eigenvalue weighted by molar-refractivity contribution is 6.10. The molecule has 0 saturated carbocycles. The van der Waals surface area contributed by atoms with Crippen LogP contribution >= 0.6 is 0 Å². The van der Waals surface area contributed by atoms with Crippen LogP contribution in [0, 0.1) is 13.8 Å². The molecule has 2 aromatic rings. The summed E-state index contributed by atoms with van der Waals surface area (Å²) < 4.78 is 5.19. The number of amides is 2. The quantitative estimate of drug-likeness (QED) is 0.645. The number of likely N-dealkylation sites (tertiary alicyclic amines) is 1. The normalized spacial score (nSPS) is 21.4. The van der Waals surface area contributed by atoms with Gasteiger partial charge in [0.25, 0.3) is 0 Å². The van der Waals surface area contributed by atoms with Crippen LogP contribution in [0.15, 0.2) is 47.5 Å². The third kappa shape index (κ3) is 4.51. The Kier molecular flexibility index (Phi) is 6.13. The summed E-state index contributed by atoms with van der Waals surface area (Å²) in [6, 6.07) is 14.1. The van der Waals surface area contributed by atoms with E-state index in [2.05, 4.69) is 35.0 Å². The van der Waals surface area contributed by atoms with E-state index in [-0.39, 0.29) is 6.03 Å². The lowest BCUT2D eigenvalue weighted by atomic mass is 9.85. The predicted molar refractivity (Wildman–Crippen MR) is 126 cm³/mol. The molecule has 2 aliphatic rings. The van der Waals surface area contributed by atoms with Crippen LogP contribution in [-0.2, 0) is 4.74 Å². The first-order valence-corrected chi connectivity index (χ1v) is 10.8. The number of carbonyl (C=O) groups is 1. The van der Waals surface area contributed by atoms with Gasteiger partial charge in [-0.1, -0.05) is 29.8 Å². The van der Waals surface area contributed by atoms with Crippen LogP contribution in [0.4, 0.5) is 21.9 Å². The highest BCUT2D eigenvalue weighted by Crippen LogP contribution is 2.36. The molecule has 1 fully saturated rings. The van der Waals surface area contributed by atoms with Gasteiger partial charge in [-0.3, -0.25) is 4.99 Å². The molecule has 0 aliphatic carbocycles. The number of rotatable bonds is 4. The lowest BCUT2D eigenvalue weighted by Gasteiger charge is -2.47. The molecular weight excluding hydrogens is 390 g/mol. The average Bonchev–Trinajstić information content (AvgIpc) is 2.76. The number of benzene rings is 2. The predicted octanol–water partition coefficient (Wildman–Crippen LogP) is 4.25. The van der Waals surface area contributed by atoms with Crippen molar-refractivity contribution in [1.82, 2.24) is 4.90 Å². The number of methoxy groups -OCH3 is 1. The summed E-state index contributed by atoms with van der Waals surface area (Å²) in [6.07, 6.45) is 1.79. The van der Waals surface area contributed by atoms with Crippen LogP contribution in [-0.4, -0.2) is 55.7 Å². The Morgan fingerprint density at radius 3 is 2.81 bits per heavy atom. The lowest BCUT2D eigenvalue weighted by Crippen LogP contribution is -2.63. The summed E-state index contributed by atoms with van der Waals surface area (Å²) in [7, 11) is 1.68. The van der Waals surface area contributed by atoms with Crippen molar-refractivity contribution in [2.75, 3.05) is 49.3 Å². The number of para-hydroxylation sites is 2. The zero-order chi connectivity index (χ0) is 21.8. The highest BCUT2D eigenvalue weighted by Gasteiger charge is 2.44. The van der Waals surface area contributed by atoms with Crippen LogP contribution in [0.2, 0.25) is 0 Å². The number of amidine groups is 1. The smallest absolute Gasteiger partial charge is 0.321 e. The van der Waals surface area contributed by atoms with Gasteiger partial charge < -0.3 is 25.6 Å². The maximum Gasteiger partial charge on any atom is 0.321 e. The molecule has 3 N–H and O–H groups in total. The monoisotopic (exact) mass is 421 g/mol. The van der Waals surface area contributed by atoms with E-state index in [0.29, 0.717) is 26.2 Å². The molecule has 2 aliphatic heterocycles.